The van der Waals surface area contributed by atoms with Crippen LogP contribution in [0.15, 0.2) is 48.5 Å². The van der Waals surface area contributed by atoms with Crippen LogP contribution in [0.4, 0.5) is 0 Å². The number of nitrogens with one attached hydrogen (secondary N) is 1. The van der Waals surface area contributed by atoms with Gasteiger partial charge in [0.2, 0.25) is 5.91 Å². The molecule has 0 aliphatic heterocycles. The molecule has 0 aliphatic carbocycles. The second-order valence-electron chi connectivity index (χ2n) is 6.78. The molecule has 0 radical (unpaired) electrons. The number of fused-ring (bicyclic) bond motifs is 1. The van der Waals surface area contributed by atoms with Crippen LogP contribution in [0, 0.1) is 0 Å². The van der Waals surface area contributed by atoms with Gasteiger partial charge >= 0.3 is 0 Å². The molecule has 142 valence electrons. The molecular formula is C22H26ClN3O. The van der Waals surface area contributed by atoms with Crippen LogP contribution in [0.25, 0.3) is 11.0 Å². The molecule has 1 heterocycles. The Labute approximate surface area is 165 Å². The Balaban J connectivity index is 1.59. The van der Waals surface area contributed by atoms with Gasteiger partial charge in [-0.1, -0.05) is 55.6 Å². The molecule has 0 aliphatic rings. The maximum absolute atomic E-state index is 12.2. The lowest BCUT2D eigenvalue weighted by Crippen LogP contribution is -2.28. The molecule has 2 aromatic carbocycles. The summed E-state index contributed by atoms with van der Waals surface area (Å²) in [6.07, 6.45) is 4.65. The highest BCUT2D eigenvalue weighted by atomic mass is 35.5. The smallest absolute Gasteiger partial charge is 0.224 e. The van der Waals surface area contributed by atoms with Crippen molar-refractivity contribution in [2.24, 2.45) is 0 Å². The second kappa shape index (κ2) is 9.56. The van der Waals surface area contributed by atoms with Crippen LogP contribution < -0.4 is 5.32 Å². The fourth-order valence-corrected chi connectivity index (χ4v) is 3.38. The summed E-state index contributed by atoms with van der Waals surface area (Å²) in [7, 11) is 0. The van der Waals surface area contributed by atoms with E-state index in [1.807, 2.05) is 36.4 Å². The van der Waals surface area contributed by atoms with E-state index in [2.05, 4.69) is 28.9 Å². The summed E-state index contributed by atoms with van der Waals surface area (Å²) in [5, 5.41) is 3.69. The number of rotatable bonds is 9. The minimum absolute atomic E-state index is 0.0194. The van der Waals surface area contributed by atoms with Gasteiger partial charge in [0.25, 0.3) is 0 Å². The number of aryl methyl sites for hydroxylation is 1. The average molecular weight is 384 g/mol. The number of imidazole rings is 1. The molecule has 3 aromatic rings. The van der Waals surface area contributed by atoms with E-state index in [9.17, 15) is 4.79 Å². The van der Waals surface area contributed by atoms with Crippen molar-refractivity contribution in [2.75, 3.05) is 6.54 Å². The first-order chi connectivity index (χ1) is 13.2. The van der Waals surface area contributed by atoms with E-state index in [4.69, 9.17) is 16.6 Å². The number of halogens is 1. The number of benzene rings is 2. The summed E-state index contributed by atoms with van der Waals surface area (Å²) in [5.74, 6) is 1.06. The lowest BCUT2D eigenvalue weighted by Gasteiger charge is -2.10. The van der Waals surface area contributed by atoms with Crippen LogP contribution in [0.2, 0.25) is 5.02 Å². The van der Waals surface area contributed by atoms with Gasteiger partial charge in [0, 0.05) is 24.5 Å². The summed E-state index contributed by atoms with van der Waals surface area (Å²) in [4.78, 5) is 17.0. The molecule has 27 heavy (non-hydrogen) atoms. The standard InChI is InChI=1S/C22H26ClN3O/c1-2-3-6-15-26-20-8-5-4-7-19(20)25-21(26)13-14-24-22(27)16-17-9-11-18(23)12-10-17/h4-5,7-12H,2-3,6,13-16H2,1H3,(H,24,27). The fraction of sp³-hybridized carbons (Fsp3) is 0.364. The monoisotopic (exact) mass is 383 g/mol. The van der Waals surface area contributed by atoms with Crippen LogP contribution in [-0.4, -0.2) is 22.0 Å². The SMILES string of the molecule is CCCCCn1c(CCNC(=O)Cc2ccc(Cl)cc2)nc2ccccc21. The number of hydrogen-bond acceptors (Lipinski definition) is 2. The molecule has 0 saturated carbocycles. The van der Waals surface area contributed by atoms with Crippen molar-refractivity contribution in [1.29, 1.82) is 0 Å². The molecule has 3 rings (SSSR count). The van der Waals surface area contributed by atoms with Crippen LogP contribution in [0.5, 0.6) is 0 Å². The van der Waals surface area contributed by atoms with E-state index < -0.39 is 0 Å². The molecule has 1 N–H and O–H groups in total. The summed E-state index contributed by atoms with van der Waals surface area (Å²) in [6, 6.07) is 15.6. The first-order valence-corrected chi connectivity index (χ1v) is 10.0. The number of amides is 1. The predicted octanol–water partition coefficient (Wildman–Crippen LogP) is 4.78. The van der Waals surface area contributed by atoms with Crippen molar-refractivity contribution in [3.8, 4) is 0 Å². The third kappa shape index (κ3) is 5.33. The van der Waals surface area contributed by atoms with E-state index in [0.29, 0.717) is 18.0 Å². The Morgan fingerprint density at radius 3 is 2.67 bits per heavy atom. The molecule has 1 aromatic heterocycles. The van der Waals surface area contributed by atoms with Crippen LogP contribution >= 0.6 is 11.6 Å². The van der Waals surface area contributed by atoms with Gasteiger partial charge in [0.15, 0.2) is 0 Å². The maximum atomic E-state index is 12.2. The summed E-state index contributed by atoms with van der Waals surface area (Å²) in [5.41, 5.74) is 3.16. The summed E-state index contributed by atoms with van der Waals surface area (Å²) in [6.45, 7) is 3.77. The van der Waals surface area contributed by atoms with Crippen molar-refractivity contribution in [3.05, 3.63) is 64.9 Å². The van der Waals surface area contributed by atoms with E-state index in [1.165, 1.54) is 18.4 Å². The first-order valence-electron chi connectivity index (χ1n) is 9.62. The minimum Gasteiger partial charge on any atom is -0.355 e. The maximum Gasteiger partial charge on any atom is 0.224 e. The topological polar surface area (TPSA) is 46.9 Å². The summed E-state index contributed by atoms with van der Waals surface area (Å²) < 4.78 is 2.30. The zero-order chi connectivity index (χ0) is 19.1. The van der Waals surface area contributed by atoms with Gasteiger partial charge in [-0.15, -0.1) is 0 Å². The molecular weight excluding hydrogens is 358 g/mol. The fourth-order valence-electron chi connectivity index (χ4n) is 3.25. The normalized spacial score (nSPS) is 11.0. The van der Waals surface area contributed by atoms with Crippen LogP contribution in [0.3, 0.4) is 0 Å². The first kappa shape index (κ1) is 19.4. The number of aromatic nitrogens is 2. The Hall–Kier alpha value is -2.33. The van der Waals surface area contributed by atoms with Gasteiger partial charge in [0.05, 0.1) is 17.5 Å². The van der Waals surface area contributed by atoms with Crippen LogP contribution in [0.1, 0.15) is 37.6 Å². The highest BCUT2D eigenvalue weighted by molar-refractivity contribution is 6.30. The Morgan fingerprint density at radius 1 is 1.11 bits per heavy atom. The van der Waals surface area contributed by atoms with E-state index in [1.54, 1.807) is 0 Å². The van der Waals surface area contributed by atoms with Crippen molar-refractivity contribution in [1.82, 2.24) is 14.9 Å². The van der Waals surface area contributed by atoms with E-state index >= 15 is 0 Å². The molecule has 0 saturated heterocycles. The number of hydrogen-bond donors (Lipinski definition) is 1. The lowest BCUT2D eigenvalue weighted by molar-refractivity contribution is -0.120. The number of carbonyl (C=O) groups excluding carboxylic acids is 1. The Bertz CT molecular complexity index is 886. The average Bonchev–Trinajstić information content (AvgIpc) is 3.01. The van der Waals surface area contributed by atoms with Gasteiger partial charge in [0.1, 0.15) is 5.82 Å². The lowest BCUT2D eigenvalue weighted by atomic mass is 10.1. The van der Waals surface area contributed by atoms with Gasteiger partial charge in [-0.2, -0.15) is 0 Å². The molecule has 0 spiro atoms. The molecule has 5 heteroatoms. The number of para-hydroxylation sites is 2. The summed E-state index contributed by atoms with van der Waals surface area (Å²) >= 11 is 5.88. The van der Waals surface area contributed by atoms with Crippen molar-refractivity contribution < 1.29 is 4.79 Å². The van der Waals surface area contributed by atoms with Gasteiger partial charge in [-0.05, 0) is 36.2 Å². The zero-order valence-corrected chi connectivity index (χ0v) is 16.5. The molecule has 0 bridgehead atoms. The van der Waals surface area contributed by atoms with Gasteiger partial charge in [-0.3, -0.25) is 4.79 Å². The second-order valence-corrected chi connectivity index (χ2v) is 7.22. The number of carbonyl (C=O) groups is 1. The number of unbranched alkanes of at least 4 members (excludes halogenated alkanes) is 2. The third-order valence-corrected chi connectivity index (χ3v) is 4.92. The molecule has 0 fully saturated rings. The minimum atomic E-state index is 0.0194. The van der Waals surface area contributed by atoms with Crippen molar-refractivity contribution in [2.45, 2.75) is 45.6 Å². The highest BCUT2D eigenvalue weighted by Gasteiger charge is 2.11. The highest BCUT2D eigenvalue weighted by Crippen LogP contribution is 2.17. The largest absolute Gasteiger partial charge is 0.355 e. The predicted molar refractivity (Wildman–Crippen MR) is 111 cm³/mol. The van der Waals surface area contributed by atoms with E-state index in [0.717, 1.165) is 36.3 Å². The van der Waals surface area contributed by atoms with Crippen molar-refractivity contribution >= 4 is 28.5 Å². The molecule has 0 atom stereocenters. The molecule has 0 unspecified atom stereocenters. The van der Waals surface area contributed by atoms with Crippen LogP contribution in [-0.2, 0) is 24.2 Å². The number of nitrogens with zero attached hydrogens (tertiary/aromatic N) is 2. The third-order valence-electron chi connectivity index (χ3n) is 4.67. The quantitative estimate of drug-likeness (QED) is 0.540. The molecule has 4 nitrogen and oxygen atoms in total. The Kier molecular flexibility index (Phi) is 6.88. The van der Waals surface area contributed by atoms with Crippen molar-refractivity contribution in [3.63, 3.8) is 0 Å². The van der Waals surface area contributed by atoms with E-state index in [-0.39, 0.29) is 5.91 Å². The zero-order valence-electron chi connectivity index (χ0n) is 15.7. The van der Waals surface area contributed by atoms with Gasteiger partial charge in [-0.25, -0.2) is 4.98 Å². The molecule has 1 amide bonds. The van der Waals surface area contributed by atoms with Gasteiger partial charge < -0.3 is 9.88 Å². The Morgan fingerprint density at radius 2 is 1.89 bits per heavy atom.